The predicted molar refractivity (Wildman–Crippen MR) is 152 cm³/mol. The maximum absolute atomic E-state index is 6.05. The number of nitrogens with zero attached hydrogens (tertiary/aromatic N) is 5. The number of anilines is 1. The summed E-state index contributed by atoms with van der Waals surface area (Å²) in [6, 6.07) is 12.7. The van der Waals surface area contributed by atoms with Gasteiger partial charge in [-0.3, -0.25) is 15.0 Å². The largest absolute Gasteiger partial charge is 0.491 e. The summed E-state index contributed by atoms with van der Waals surface area (Å²) in [5.74, 6) is 1.88. The Kier molecular flexibility index (Phi) is 6.17. The number of likely N-dealkylation sites (tertiary alicyclic amines) is 1. The van der Waals surface area contributed by atoms with Crippen LogP contribution < -0.4 is 9.64 Å². The van der Waals surface area contributed by atoms with Crippen LogP contribution in [0.4, 0.5) is 5.82 Å². The first-order chi connectivity index (χ1) is 18.8. The Hall–Kier alpha value is -3.91. The number of ether oxygens (including phenoxy) is 1. The third-order valence-electron chi connectivity index (χ3n) is 7.92. The number of aromatic amines is 2. The van der Waals surface area contributed by atoms with Crippen LogP contribution in [-0.4, -0.2) is 69.4 Å². The van der Waals surface area contributed by atoms with Gasteiger partial charge in [-0.05, 0) is 81.1 Å². The van der Waals surface area contributed by atoms with Crippen LogP contribution in [0.25, 0.3) is 44.3 Å². The Morgan fingerprint density at radius 1 is 0.816 bits per heavy atom. The summed E-state index contributed by atoms with van der Waals surface area (Å²) in [4.78, 5) is 17.7. The fourth-order valence-corrected chi connectivity index (χ4v) is 5.88. The molecule has 2 saturated heterocycles. The number of pyridine rings is 2. The summed E-state index contributed by atoms with van der Waals surface area (Å²) >= 11 is 0. The van der Waals surface area contributed by atoms with Crippen molar-refractivity contribution < 1.29 is 4.74 Å². The number of hydrogen-bond acceptors (Lipinski definition) is 6. The number of nitrogens with one attached hydrogen (secondary N) is 2. The summed E-state index contributed by atoms with van der Waals surface area (Å²) in [5.41, 5.74) is 6.12. The zero-order chi connectivity index (χ0) is 25.3. The van der Waals surface area contributed by atoms with E-state index in [0.29, 0.717) is 6.61 Å². The smallest absolute Gasteiger partial charge is 0.138 e. The van der Waals surface area contributed by atoms with E-state index in [1.54, 1.807) is 6.20 Å². The van der Waals surface area contributed by atoms with Crippen molar-refractivity contribution in [3.05, 3.63) is 55.0 Å². The van der Waals surface area contributed by atoms with Gasteiger partial charge in [-0.1, -0.05) is 6.07 Å². The highest BCUT2D eigenvalue weighted by atomic mass is 16.5. The Balaban J connectivity index is 1.18. The molecular weight excluding hydrogens is 474 g/mol. The molecule has 8 heteroatoms. The van der Waals surface area contributed by atoms with Crippen molar-refractivity contribution in [2.24, 2.45) is 0 Å². The van der Waals surface area contributed by atoms with Crippen LogP contribution in [0.15, 0.2) is 55.0 Å². The number of fused-ring (bicyclic) bond motifs is 2. The lowest BCUT2D eigenvalue weighted by molar-refractivity contribution is 0.237. The minimum Gasteiger partial charge on any atom is -0.491 e. The molecule has 0 saturated carbocycles. The Labute approximate surface area is 222 Å². The normalized spacial score (nSPS) is 16.6. The molecule has 6 heterocycles. The highest BCUT2D eigenvalue weighted by Crippen LogP contribution is 2.35. The molecule has 0 unspecified atom stereocenters. The summed E-state index contributed by atoms with van der Waals surface area (Å²) < 4.78 is 6.05. The molecule has 0 atom stereocenters. The summed E-state index contributed by atoms with van der Waals surface area (Å²) in [5, 5.41) is 10.1. The van der Waals surface area contributed by atoms with Gasteiger partial charge in [0.1, 0.15) is 23.9 Å². The molecule has 0 amide bonds. The lowest BCUT2D eigenvalue weighted by atomic mass is 10.0. The molecule has 5 aromatic rings. The maximum atomic E-state index is 6.05. The quantitative estimate of drug-likeness (QED) is 0.297. The summed E-state index contributed by atoms with van der Waals surface area (Å²) in [7, 11) is 0. The van der Waals surface area contributed by atoms with E-state index in [1.807, 2.05) is 18.5 Å². The number of benzene rings is 1. The van der Waals surface area contributed by atoms with Crippen LogP contribution in [0.5, 0.6) is 5.75 Å². The average molecular weight is 508 g/mol. The van der Waals surface area contributed by atoms with E-state index in [1.165, 1.54) is 45.2 Å². The van der Waals surface area contributed by atoms with Crippen LogP contribution >= 0.6 is 0 Å². The fraction of sp³-hybridized carbons (Fsp3) is 0.367. The van der Waals surface area contributed by atoms with E-state index >= 15 is 0 Å². The lowest BCUT2D eigenvalue weighted by Gasteiger charge is -2.28. The molecule has 0 aliphatic carbocycles. The first kappa shape index (κ1) is 23.2. The van der Waals surface area contributed by atoms with Gasteiger partial charge in [0, 0.05) is 48.4 Å². The predicted octanol–water partition coefficient (Wildman–Crippen LogP) is 5.63. The summed E-state index contributed by atoms with van der Waals surface area (Å²) in [6.45, 7) is 6.15. The van der Waals surface area contributed by atoms with Crippen LogP contribution in [-0.2, 0) is 0 Å². The topological polar surface area (TPSA) is 86.0 Å². The maximum Gasteiger partial charge on any atom is 0.138 e. The van der Waals surface area contributed by atoms with Crippen molar-refractivity contribution in [3.8, 4) is 28.3 Å². The van der Waals surface area contributed by atoms with E-state index in [4.69, 9.17) is 14.8 Å². The van der Waals surface area contributed by atoms with Gasteiger partial charge in [-0.2, -0.15) is 5.10 Å². The second kappa shape index (κ2) is 10.1. The molecule has 194 valence electrons. The Morgan fingerprint density at radius 2 is 1.68 bits per heavy atom. The van der Waals surface area contributed by atoms with E-state index in [-0.39, 0.29) is 0 Å². The third-order valence-corrected chi connectivity index (χ3v) is 7.92. The fourth-order valence-electron chi connectivity index (χ4n) is 5.88. The molecule has 0 bridgehead atoms. The highest BCUT2D eigenvalue weighted by molar-refractivity contribution is 6.00. The van der Waals surface area contributed by atoms with E-state index in [0.717, 1.165) is 75.5 Å². The number of rotatable bonds is 7. The molecule has 2 fully saturated rings. The molecule has 1 aromatic carbocycles. The second-order valence-electron chi connectivity index (χ2n) is 10.5. The van der Waals surface area contributed by atoms with Crippen LogP contribution in [0.1, 0.15) is 32.1 Å². The van der Waals surface area contributed by atoms with Gasteiger partial charge in [0.05, 0.1) is 22.9 Å². The van der Waals surface area contributed by atoms with Gasteiger partial charge in [-0.25, -0.2) is 4.98 Å². The molecule has 4 aromatic heterocycles. The van der Waals surface area contributed by atoms with Crippen LogP contribution in [0.3, 0.4) is 0 Å². The molecule has 38 heavy (non-hydrogen) atoms. The number of piperidine rings is 1. The van der Waals surface area contributed by atoms with Crippen molar-refractivity contribution in [2.75, 3.05) is 44.2 Å². The molecule has 0 radical (unpaired) electrons. The Morgan fingerprint density at radius 3 is 2.58 bits per heavy atom. The summed E-state index contributed by atoms with van der Waals surface area (Å²) in [6.07, 6.45) is 11.9. The van der Waals surface area contributed by atoms with Crippen molar-refractivity contribution in [3.63, 3.8) is 0 Å². The number of H-pyrrole nitrogens is 2. The molecule has 2 aliphatic rings. The van der Waals surface area contributed by atoms with Gasteiger partial charge in [0.25, 0.3) is 0 Å². The molecule has 7 rings (SSSR count). The van der Waals surface area contributed by atoms with Gasteiger partial charge in [0.2, 0.25) is 0 Å². The molecule has 2 aliphatic heterocycles. The van der Waals surface area contributed by atoms with E-state index < -0.39 is 0 Å². The zero-order valence-electron chi connectivity index (χ0n) is 21.6. The molecule has 0 spiro atoms. The van der Waals surface area contributed by atoms with Crippen molar-refractivity contribution in [2.45, 2.75) is 32.1 Å². The first-order valence-corrected chi connectivity index (χ1v) is 13.8. The van der Waals surface area contributed by atoms with Gasteiger partial charge < -0.3 is 14.6 Å². The standard InChI is InChI=1S/C30H33N7O/c1-2-12-37(13-3-1)30-25-18-28(33-26(25)8-9-32-30)29-24-17-21(6-7-27(24)34-35-29)22-16-23(20-31-19-22)38-15-14-36-10-4-5-11-36/h6-9,16-20,33H,1-5,10-15H2,(H,34,35). The van der Waals surface area contributed by atoms with Crippen LogP contribution in [0.2, 0.25) is 0 Å². The third kappa shape index (κ3) is 4.49. The minimum atomic E-state index is 0.685. The zero-order valence-corrected chi connectivity index (χ0v) is 21.6. The van der Waals surface area contributed by atoms with E-state index in [9.17, 15) is 0 Å². The van der Waals surface area contributed by atoms with Crippen LogP contribution in [0, 0.1) is 0 Å². The highest BCUT2D eigenvalue weighted by Gasteiger charge is 2.18. The minimum absolute atomic E-state index is 0.685. The first-order valence-electron chi connectivity index (χ1n) is 13.8. The van der Waals surface area contributed by atoms with Gasteiger partial charge >= 0.3 is 0 Å². The van der Waals surface area contributed by atoms with E-state index in [2.05, 4.69) is 55.2 Å². The van der Waals surface area contributed by atoms with Crippen molar-refractivity contribution >= 4 is 27.6 Å². The van der Waals surface area contributed by atoms with Crippen molar-refractivity contribution in [1.29, 1.82) is 0 Å². The number of aromatic nitrogens is 5. The molecule has 8 nitrogen and oxygen atoms in total. The number of hydrogen-bond donors (Lipinski definition) is 2. The SMILES string of the molecule is c1cc2[nH]c(-c3n[nH]c4ccc(-c5cncc(OCCN6CCCC6)c5)cc34)cc2c(N2CCCCC2)n1. The molecule has 2 N–H and O–H groups in total. The Bertz CT molecular complexity index is 1560. The monoisotopic (exact) mass is 507 g/mol. The second-order valence-corrected chi connectivity index (χ2v) is 10.5. The lowest BCUT2D eigenvalue weighted by Crippen LogP contribution is -2.30. The molecular formula is C30H33N7O. The van der Waals surface area contributed by atoms with Crippen molar-refractivity contribution in [1.82, 2.24) is 30.0 Å². The van der Waals surface area contributed by atoms with Gasteiger partial charge in [-0.15, -0.1) is 0 Å². The average Bonchev–Trinajstić information content (AvgIpc) is 3.73. The van der Waals surface area contributed by atoms with Gasteiger partial charge in [0.15, 0.2) is 0 Å².